The normalized spacial score (nSPS) is 25.2. The number of benzene rings is 1. The Balaban J connectivity index is 1.17. The zero-order chi connectivity index (χ0) is 26.2. The predicted molar refractivity (Wildman–Crippen MR) is 146 cm³/mol. The number of rotatable bonds is 6. The van der Waals surface area contributed by atoms with Gasteiger partial charge in [-0.3, -0.25) is 14.5 Å². The van der Waals surface area contributed by atoms with E-state index < -0.39 is 0 Å². The van der Waals surface area contributed by atoms with Crippen LogP contribution >= 0.6 is 11.6 Å². The van der Waals surface area contributed by atoms with Crippen molar-refractivity contribution >= 4 is 29.2 Å². The molecule has 2 N–H and O–H groups in total. The molecule has 3 heterocycles. The van der Waals surface area contributed by atoms with Gasteiger partial charge in [0, 0.05) is 62.2 Å². The first-order valence-electron chi connectivity index (χ1n) is 13.5. The first-order valence-corrected chi connectivity index (χ1v) is 13.8. The summed E-state index contributed by atoms with van der Waals surface area (Å²) in [4.78, 5) is 36.6. The average molecular weight is 524 g/mol. The van der Waals surface area contributed by atoms with E-state index in [2.05, 4.69) is 26.9 Å². The number of carbonyl (C=O) groups is 2. The molecular weight excluding hydrogens is 486 g/mol. The van der Waals surface area contributed by atoms with Crippen molar-refractivity contribution < 1.29 is 9.59 Å². The van der Waals surface area contributed by atoms with Crippen molar-refractivity contribution in [3.63, 3.8) is 0 Å². The number of piperidine rings is 2. The minimum Gasteiger partial charge on any atom is -0.384 e. The summed E-state index contributed by atoms with van der Waals surface area (Å²) in [5, 5.41) is 0.714. The molecule has 5 rings (SSSR count). The van der Waals surface area contributed by atoms with Crippen LogP contribution in [0.5, 0.6) is 0 Å². The van der Waals surface area contributed by atoms with Gasteiger partial charge in [0.15, 0.2) is 0 Å². The zero-order valence-electron chi connectivity index (χ0n) is 21.9. The number of likely N-dealkylation sites (tertiary alicyclic amines) is 2. The van der Waals surface area contributed by atoms with Crippen molar-refractivity contribution in [2.75, 3.05) is 46.0 Å². The number of nitrogen functional groups attached to an aromatic ring is 1. The third kappa shape index (κ3) is 5.34. The third-order valence-corrected chi connectivity index (χ3v) is 9.10. The number of aromatic nitrogens is 1. The molecule has 3 aliphatic rings. The Hall–Kier alpha value is -2.64. The molecule has 7 nitrogen and oxygen atoms in total. The average Bonchev–Trinajstić information content (AvgIpc) is 3.65. The smallest absolute Gasteiger partial charge is 0.226 e. The van der Waals surface area contributed by atoms with E-state index >= 15 is 0 Å². The Morgan fingerprint density at radius 1 is 1.05 bits per heavy atom. The molecule has 1 saturated carbocycles. The van der Waals surface area contributed by atoms with Crippen LogP contribution in [-0.2, 0) is 21.5 Å². The number of halogens is 1. The van der Waals surface area contributed by atoms with Crippen LogP contribution in [0.3, 0.4) is 0 Å². The molecule has 8 heteroatoms. The lowest BCUT2D eigenvalue weighted by molar-refractivity contribution is -0.139. The number of pyridine rings is 1. The number of amides is 2. The summed E-state index contributed by atoms with van der Waals surface area (Å²) in [7, 11) is 3.68. The van der Waals surface area contributed by atoms with Gasteiger partial charge in [0.25, 0.3) is 0 Å². The first kappa shape index (κ1) is 26.0. The van der Waals surface area contributed by atoms with Gasteiger partial charge in [0.2, 0.25) is 11.8 Å². The number of nitrogens with two attached hydrogens (primary N) is 1. The number of hydrogen-bond acceptors (Lipinski definition) is 5. The van der Waals surface area contributed by atoms with Crippen molar-refractivity contribution in [3.05, 3.63) is 58.7 Å². The summed E-state index contributed by atoms with van der Waals surface area (Å²) >= 11 is 6.17. The second-order valence-corrected chi connectivity index (χ2v) is 11.7. The highest BCUT2D eigenvalue weighted by molar-refractivity contribution is 6.30. The third-order valence-electron chi connectivity index (χ3n) is 8.85. The molecule has 3 fully saturated rings. The molecule has 2 aromatic rings. The number of carbonyl (C=O) groups excluding carboxylic acids is 2. The van der Waals surface area contributed by atoms with E-state index in [0.717, 1.165) is 64.8 Å². The molecule has 198 valence electrons. The van der Waals surface area contributed by atoms with Gasteiger partial charge >= 0.3 is 0 Å². The van der Waals surface area contributed by atoms with E-state index in [0.29, 0.717) is 22.7 Å². The van der Waals surface area contributed by atoms with Gasteiger partial charge in [-0.05, 0) is 86.5 Å². The topological polar surface area (TPSA) is 82.8 Å². The summed E-state index contributed by atoms with van der Waals surface area (Å²) in [6.45, 7) is 4.24. The van der Waals surface area contributed by atoms with Gasteiger partial charge in [-0.1, -0.05) is 23.7 Å². The van der Waals surface area contributed by atoms with Crippen molar-refractivity contribution in [2.45, 2.75) is 44.1 Å². The van der Waals surface area contributed by atoms with E-state index in [4.69, 9.17) is 17.3 Å². The van der Waals surface area contributed by atoms with Gasteiger partial charge in [0.05, 0.1) is 0 Å². The molecule has 0 spiro atoms. The summed E-state index contributed by atoms with van der Waals surface area (Å²) in [5.41, 5.74) is 8.06. The van der Waals surface area contributed by atoms with Crippen LogP contribution in [0.25, 0.3) is 0 Å². The van der Waals surface area contributed by atoms with E-state index in [1.54, 1.807) is 11.1 Å². The van der Waals surface area contributed by atoms with Crippen LogP contribution in [-0.4, -0.2) is 71.8 Å². The van der Waals surface area contributed by atoms with E-state index in [1.807, 2.05) is 38.4 Å². The molecule has 1 aliphatic carbocycles. The molecule has 0 unspecified atom stereocenters. The van der Waals surface area contributed by atoms with Gasteiger partial charge in [-0.25, -0.2) is 4.98 Å². The Morgan fingerprint density at radius 3 is 2.35 bits per heavy atom. The minimum absolute atomic E-state index is 0.0102. The van der Waals surface area contributed by atoms with E-state index in [1.165, 1.54) is 11.1 Å². The molecule has 2 aliphatic heterocycles. The van der Waals surface area contributed by atoms with Crippen LogP contribution in [0.4, 0.5) is 5.82 Å². The Morgan fingerprint density at radius 2 is 1.73 bits per heavy atom. The van der Waals surface area contributed by atoms with Crippen LogP contribution in [0.1, 0.15) is 43.2 Å². The maximum Gasteiger partial charge on any atom is 0.226 e. The standard InChI is InChI=1S/C29H38ClN5O2/c1-33(2)28(37)25-18-29(25,22-3-5-24(30)6-4-22)23-10-15-35(16-11-23)27(36)21-8-13-34(14-9-21)19-20-7-12-32-26(31)17-20/h3-7,12,17,21,23,25H,8-11,13-16,18-19H2,1-2H3,(H2,31,32)/t25-,29+/m0/s1. The van der Waals surface area contributed by atoms with Crippen LogP contribution in [0.2, 0.25) is 5.02 Å². The fourth-order valence-corrected chi connectivity index (χ4v) is 6.85. The molecule has 2 amide bonds. The second kappa shape index (κ2) is 10.6. The predicted octanol–water partition coefficient (Wildman–Crippen LogP) is 3.81. The van der Waals surface area contributed by atoms with Crippen LogP contribution in [0, 0.1) is 17.8 Å². The maximum absolute atomic E-state index is 13.4. The molecule has 1 aromatic heterocycles. The highest BCUT2D eigenvalue weighted by Gasteiger charge is 2.63. The second-order valence-electron chi connectivity index (χ2n) is 11.3. The zero-order valence-corrected chi connectivity index (χ0v) is 22.7. The number of hydrogen-bond donors (Lipinski definition) is 1. The van der Waals surface area contributed by atoms with Crippen molar-refractivity contribution in [1.82, 2.24) is 19.7 Å². The summed E-state index contributed by atoms with van der Waals surface area (Å²) in [6.07, 6.45) is 6.30. The van der Waals surface area contributed by atoms with Gasteiger partial charge < -0.3 is 15.5 Å². The lowest BCUT2D eigenvalue weighted by Gasteiger charge is -2.40. The lowest BCUT2D eigenvalue weighted by Crippen LogP contribution is -2.47. The van der Waals surface area contributed by atoms with Crippen LogP contribution in [0.15, 0.2) is 42.6 Å². The SMILES string of the molecule is CN(C)C(=O)[C@@H]1C[C@@]1(c1ccc(Cl)cc1)C1CCN(C(=O)C2CCN(Cc3ccnc(N)c3)CC2)CC1. The highest BCUT2D eigenvalue weighted by atomic mass is 35.5. The van der Waals surface area contributed by atoms with Crippen molar-refractivity contribution in [1.29, 1.82) is 0 Å². The van der Waals surface area contributed by atoms with Gasteiger partial charge in [-0.15, -0.1) is 0 Å². The summed E-state index contributed by atoms with van der Waals surface area (Å²) in [5.74, 6) is 1.56. The molecule has 0 radical (unpaired) electrons. The monoisotopic (exact) mass is 523 g/mol. The fraction of sp³-hybridized carbons (Fsp3) is 0.552. The number of nitrogens with zero attached hydrogens (tertiary/aromatic N) is 4. The Labute approximate surface area is 225 Å². The molecule has 2 atom stereocenters. The number of anilines is 1. The quantitative estimate of drug-likeness (QED) is 0.622. The minimum atomic E-state index is -0.136. The van der Waals surface area contributed by atoms with Gasteiger partial charge in [0.1, 0.15) is 5.82 Å². The summed E-state index contributed by atoms with van der Waals surface area (Å²) in [6, 6.07) is 12.0. The molecule has 2 saturated heterocycles. The molecule has 37 heavy (non-hydrogen) atoms. The van der Waals surface area contributed by atoms with Crippen LogP contribution < -0.4 is 5.73 Å². The van der Waals surface area contributed by atoms with Crippen molar-refractivity contribution in [2.24, 2.45) is 17.8 Å². The Bertz CT molecular complexity index is 1120. The first-order chi connectivity index (χ1) is 17.8. The highest BCUT2D eigenvalue weighted by Crippen LogP contribution is 2.62. The molecular formula is C29H38ClN5O2. The maximum atomic E-state index is 13.4. The fourth-order valence-electron chi connectivity index (χ4n) is 6.73. The van der Waals surface area contributed by atoms with Crippen molar-refractivity contribution in [3.8, 4) is 0 Å². The summed E-state index contributed by atoms with van der Waals surface area (Å²) < 4.78 is 0. The lowest BCUT2D eigenvalue weighted by atomic mass is 9.75. The van der Waals surface area contributed by atoms with E-state index in [-0.39, 0.29) is 23.2 Å². The van der Waals surface area contributed by atoms with Gasteiger partial charge in [-0.2, -0.15) is 0 Å². The molecule has 1 aromatic carbocycles. The Kier molecular flexibility index (Phi) is 7.46. The largest absolute Gasteiger partial charge is 0.384 e. The van der Waals surface area contributed by atoms with E-state index in [9.17, 15) is 9.59 Å². The molecule has 0 bridgehead atoms.